The molecule has 3 aromatic heterocycles. The number of methoxy groups -OCH3 is 1. The lowest BCUT2D eigenvalue weighted by Gasteiger charge is -2.04. The first-order valence-electron chi connectivity index (χ1n) is 7.93. The lowest BCUT2D eigenvalue weighted by Crippen LogP contribution is -2.14. The molecule has 7 heteroatoms. The van der Waals surface area contributed by atoms with Crippen LogP contribution >= 0.6 is 11.3 Å². The summed E-state index contributed by atoms with van der Waals surface area (Å²) in [6, 6.07) is 12.4. The zero-order valence-corrected chi connectivity index (χ0v) is 15.0. The summed E-state index contributed by atoms with van der Waals surface area (Å²) in [4.78, 5) is 30.7. The first kappa shape index (κ1) is 16.3. The molecular formula is C19H15N3O3S. The summed E-state index contributed by atoms with van der Waals surface area (Å²) in [6.07, 6.45) is 1.75. The van der Waals surface area contributed by atoms with Crippen molar-refractivity contribution in [3.05, 3.63) is 69.5 Å². The van der Waals surface area contributed by atoms with Crippen LogP contribution in [0.2, 0.25) is 0 Å². The summed E-state index contributed by atoms with van der Waals surface area (Å²) >= 11 is 1.20. The Labute approximate surface area is 152 Å². The normalized spacial score (nSPS) is 11.0. The van der Waals surface area contributed by atoms with E-state index in [0.29, 0.717) is 32.2 Å². The number of aromatic nitrogens is 2. The van der Waals surface area contributed by atoms with E-state index in [2.05, 4.69) is 10.3 Å². The van der Waals surface area contributed by atoms with Crippen molar-refractivity contribution >= 4 is 38.8 Å². The number of hydrogen-bond acceptors (Lipinski definition) is 5. The Kier molecular flexibility index (Phi) is 3.93. The molecule has 0 unspecified atom stereocenters. The van der Waals surface area contributed by atoms with Gasteiger partial charge < -0.3 is 10.1 Å². The molecule has 0 aliphatic heterocycles. The number of carbonyl (C=O) groups excluding carboxylic acids is 1. The van der Waals surface area contributed by atoms with Crippen LogP contribution in [0.4, 0.5) is 5.69 Å². The average Bonchev–Trinajstić information content (AvgIpc) is 3.08. The fourth-order valence-corrected chi connectivity index (χ4v) is 3.61. The zero-order valence-electron chi connectivity index (χ0n) is 14.1. The Morgan fingerprint density at radius 1 is 1.19 bits per heavy atom. The topological polar surface area (TPSA) is 72.7 Å². The van der Waals surface area contributed by atoms with Crippen molar-refractivity contribution < 1.29 is 9.53 Å². The van der Waals surface area contributed by atoms with Gasteiger partial charge in [-0.25, -0.2) is 4.98 Å². The molecule has 0 radical (unpaired) electrons. The predicted octanol–water partition coefficient (Wildman–Crippen LogP) is 3.48. The van der Waals surface area contributed by atoms with Gasteiger partial charge in [0.2, 0.25) is 0 Å². The van der Waals surface area contributed by atoms with E-state index in [1.165, 1.54) is 15.7 Å². The second-order valence-electron chi connectivity index (χ2n) is 5.86. The number of amides is 1. The second-order valence-corrected chi connectivity index (χ2v) is 6.89. The van der Waals surface area contributed by atoms with Crippen LogP contribution < -0.4 is 15.6 Å². The molecule has 0 aliphatic rings. The highest BCUT2D eigenvalue weighted by Crippen LogP contribution is 2.24. The predicted molar refractivity (Wildman–Crippen MR) is 103 cm³/mol. The molecule has 0 atom stereocenters. The third-order valence-corrected chi connectivity index (χ3v) is 5.05. The minimum absolute atomic E-state index is 0.173. The highest BCUT2D eigenvalue weighted by molar-refractivity contribution is 7.20. The van der Waals surface area contributed by atoms with Crippen LogP contribution in [0.25, 0.3) is 15.9 Å². The van der Waals surface area contributed by atoms with Gasteiger partial charge in [-0.15, -0.1) is 11.3 Å². The quantitative estimate of drug-likeness (QED) is 0.603. The lowest BCUT2D eigenvalue weighted by molar-refractivity contribution is 0.103. The Bertz CT molecular complexity index is 1190. The fraction of sp³-hybridized carbons (Fsp3) is 0.105. The summed E-state index contributed by atoms with van der Waals surface area (Å²) in [5.74, 6) is 0.437. The molecule has 0 spiro atoms. The molecule has 0 aliphatic carbocycles. The molecule has 0 saturated carbocycles. The van der Waals surface area contributed by atoms with Crippen LogP contribution in [0.3, 0.4) is 0 Å². The van der Waals surface area contributed by atoms with Crippen molar-refractivity contribution in [2.24, 2.45) is 0 Å². The third-order valence-electron chi connectivity index (χ3n) is 4.02. The van der Waals surface area contributed by atoms with Crippen molar-refractivity contribution in [1.82, 2.24) is 9.38 Å². The number of fused-ring (bicyclic) bond motifs is 2. The SMILES string of the molecule is COc1ccc(NC(=O)c2cc3c(=O)n4cc(C)ccc4nc3s2)cc1. The van der Waals surface area contributed by atoms with Crippen molar-refractivity contribution in [3.63, 3.8) is 0 Å². The summed E-state index contributed by atoms with van der Waals surface area (Å²) in [5, 5.41) is 3.26. The molecule has 0 bridgehead atoms. The van der Waals surface area contributed by atoms with Crippen LogP contribution in [-0.4, -0.2) is 22.4 Å². The average molecular weight is 365 g/mol. The Hall–Kier alpha value is -3.19. The molecular weight excluding hydrogens is 350 g/mol. The number of aryl methyl sites for hydroxylation is 1. The van der Waals surface area contributed by atoms with Gasteiger partial charge in [0, 0.05) is 11.9 Å². The van der Waals surface area contributed by atoms with E-state index < -0.39 is 0 Å². The standard InChI is InChI=1S/C19H15N3O3S/c1-11-3-8-16-21-18-14(19(24)22(16)10-11)9-15(26-18)17(23)20-12-4-6-13(25-2)7-5-12/h3-10H,1-2H3,(H,20,23). The van der Waals surface area contributed by atoms with Crippen LogP contribution in [0.5, 0.6) is 5.75 Å². The maximum absolute atomic E-state index is 12.7. The number of rotatable bonds is 3. The maximum atomic E-state index is 12.7. The van der Waals surface area contributed by atoms with Gasteiger partial charge in [-0.3, -0.25) is 14.0 Å². The minimum Gasteiger partial charge on any atom is -0.497 e. The lowest BCUT2D eigenvalue weighted by atomic mass is 10.3. The van der Waals surface area contributed by atoms with Gasteiger partial charge in [0.15, 0.2) is 0 Å². The van der Waals surface area contributed by atoms with Gasteiger partial charge in [0.25, 0.3) is 11.5 Å². The number of nitrogens with one attached hydrogen (secondary N) is 1. The van der Waals surface area contributed by atoms with Gasteiger partial charge in [-0.1, -0.05) is 6.07 Å². The van der Waals surface area contributed by atoms with Gasteiger partial charge in [0.1, 0.15) is 16.2 Å². The van der Waals surface area contributed by atoms with Gasteiger partial charge in [-0.05, 0) is 48.9 Å². The molecule has 6 nitrogen and oxygen atoms in total. The molecule has 0 saturated heterocycles. The molecule has 1 N–H and O–H groups in total. The maximum Gasteiger partial charge on any atom is 0.266 e. The first-order chi connectivity index (χ1) is 12.5. The van der Waals surface area contributed by atoms with E-state index in [4.69, 9.17) is 4.74 Å². The summed E-state index contributed by atoms with van der Waals surface area (Å²) in [5.41, 5.74) is 2.01. The number of benzene rings is 1. The summed E-state index contributed by atoms with van der Waals surface area (Å²) in [6.45, 7) is 1.91. The first-order valence-corrected chi connectivity index (χ1v) is 8.75. The highest BCUT2D eigenvalue weighted by atomic mass is 32.1. The molecule has 130 valence electrons. The molecule has 26 heavy (non-hydrogen) atoms. The fourth-order valence-electron chi connectivity index (χ4n) is 2.68. The zero-order chi connectivity index (χ0) is 18.3. The van der Waals surface area contributed by atoms with E-state index >= 15 is 0 Å². The van der Waals surface area contributed by atoms with Crippen molar-refractivity contribution in [3.8, 4) is 5.75 Å². The van der Waals surface area contributed by atoms with Crippen molar-refractivity contribution in [1.29, 1.82) is 0 Å². The van der Waals surface area contributed by atoms with Gasteiger partial charge in [0.05, 0.1) is 17.4 Å². The van der Waals surface area contributed by atoms with Crippen LogP contribution in [-0.2, 0) is 0 Å². The molecule has 4 aromatic rings. The van der Waals surface area contributed by atoms with Crippen molar-refractivity contribution in [2.75, 3.05) is 12.4 Å². The number of thiophene rings is 1. The number of nitrogens with zero attached hydrogens (tertiary/aromatic N) is 2. The van der Waals surface area contributed by atoms with Crippen molar-refractivity contribution in [2.45, 2.75) is 6.92 Å². The number of pyridine rings is 1. The van der Waals surface area contributed by atoms with Crippen LogP contribution in [0, 0.1) is 6.92 Å². The Morgan fingerprint density at radius 2 is 1.96 bits per heavy atom. The van der Waals surface area contributed by atoms with Crippen LogP contribution in [0.15, 0.2) is 53.5 Å². The van der Waals surface area contributed by atoms with Crippen LogP contribution in [0.1, 0.15) is 15.2 Å². The number of carbonyl (C=O) groups is 1. The van der Waals surface area contributed by atoms with E-state index in [1.54, 1.807) is 49.7 Å². The minimum atomic E-state index is -0.275. The largest absolute Gasteiger partial charge is 0.497 e. The number of ether oxygens (including phenoxy) is 1. The van der Waals surface area contributed by atoms with Gasteiger partial charge >= 0.3 is 0 Å². The highest BCUT2D eigenvalue weighted by Gasteiger charge is 2.15. The smallest absolute Gasteiger partial charge is 0.266 e. The molecule has 0 fully saturated rings. The molecule has 4 rings (SSSR count). The van der Waals surface area contributed by atoms with E-state index in [0.717, 1.165) is 5.56 Å². The number of anilines is 1. The summed E-state index contributed by atoms with van der Waals surface area (Å²) < 4.78 is 6.61. The molecule has 1 aromatic carbocycles. The second kappa shape index (κ2) is 6.27. The molecule has 1 amide bonds. The summed E-state index contributed by atoms with van der Waals surface area (Å²) in [7, 11) is 1.59. The number of hydrogen-bond donors (Lipinski definition) is 1. The van der Waals surface area contributed by atoms with E-state index in [9.17, 15) is 9.59 Å². The van der Waals surface area contributed by atoms with Gasteiger partial charge in [-0.2, -0.15) is 0 Å². The Balaban J connectivity index is 1.72. The third kappa shape index (κ3) is 2.82. The molecule has 3 heterocycles. The van der Waals surface area contributed by atoms with E-state index in [-0.39, 0.29) is 11.5 Å². The monoisotopic (exact) mass is 365 g/mol. The van der Waals surface area contributed by atoms with E-state index in [1.807, 2.05) is 13.0 Å². The Morgan fingerprint density at radius 3 is 2.69 bits per heavy atom.